The van der Waals surface area contributed by atoms with E-state index in [-0.39, 0.29) is 50.8 Å². The standard InChI is InChI=1S/C50H47FN2O6/c1-3-10-46(59-34(2)55)50-49(52(47(56)30-35-18-23-42(51)24-19-35)33-36-15-20-40(21-16-36)38-11-5-4-6-12-38)44-32-43(58-28-9-27-54)25-26-45(44)53(50)48(57)31-37-17-22-39-13-7-8-14-41(39)29-37/h3-8,11-26,29,32,46,49-50,54H,1,9-10,27-28,30-31,33H2,2H3/t46?,49-,50+/m0/s1. The highest BCUT2D eigenvalue weighted by atomic mass is 19.1. The first kappa shape index (κ1) is 40.6. The van der Waals surface area contributed by atoms with Gasteiger partial charge in [-0.1, -0.05) is 115 Å². The first-order valence-electron chi connectivity index (χ1n) is 19.9. The molecule has 0 aromatic heterocycles. The number of hydrogen-bond acceptors (Lipinski definition) is 6. The van der Waals surface area contributed by atoms with Gasteiger partial charge >= 0.3 is 5.97 Å². The summed E-state index contributed by atoms with van der Waals surface area (Å²) >= 11 is 0. The molecule has 0 spiro atoms. The van der Waals surface area contributed by atoms with Gasteiger partial charge in [-0.25, -0.2) is 4.39 Å². The molecule has 1 N–H and O–H groups in total. The topological polar surface area (TPSA) is 96.4 Å². The Kier molecular flexibility index (Phi) is 12.9. The van der Waals surface area contributed by atoms with Gasteiger partial charge in [0.25, 0.3) is 0 Å². The van der Waals surface area contributed by atoms with E-state index in [1.165, 1.54) is 19.1 Å². The molecule has 0 radical (unpaired) electrons. The Labute approximate surface area is 344 Å². The number of ether oxygens (including phenoxy) is 2. The van der Waals surface area contributed by atoms with Crippen LogP contribution < -0.4 is 9.64 Å². The summed E-state index contributed by atoms with van der Waals surface area (Å²) in [5.74, 6) is -0.982. The molecular weight excluding hydrogens is 744 g/mol. The number of halogens is 1. The first-order valence-corrected chi connectivity index (χ1v) is 19.9. The molecule has 9 heteroatoms. The number of anilines is 1. The van der Waals surface area contributed by atoms with Gasteiger partial charge in [-0.3, -0.25) is 14.4 Å². The van der Waals surface area contributed by atoms with Crippen LogP contribution in [0.3, 0.4) is 0 Å². The monoisotopic (exact) mass is 790 g/mol. The van der Waals surface area contributed by atoms with Crippen LogP contribution >= 0.6 is 0 Å². The molecule has 3 atom stereocenters. The Morgan fingerprint density at radius 2 is 1.47 bits per heavy atom. The molecule has 0 bridgehead atoms. The highest BCUT2D eigenvalue weighted by Gasteiger charge is 2.50. The van der Waals surface area contributed by atoms with E-state index in [1.807, 2.05) is 109 Å². The normalized spacial score (nSPS) is 15.0. The van der Waals surface area contributed by atoms with Crippen molar-refractivity contribution in [3.8, 4) is 16.9 Å². The lowest BCUT2D eigenvalue weighted by molar-refractivity contribution is -0.149. The van der Waals surface area contributed by atoms with Crippen molar-refractivity contribution in [3.05, 3.63) is 180 Å². The van der Waals surface area contributed by atoms with E-state index in [4.69, 9.17) is 9.47 Å². The molecule has 6 aromatic carbocycles. The SMILES string of the molecule is C=CCC(OC(C)=O)[C@@H]1[C@@H](N(Cc2ccc(-c3ccccc3)cc2)C(=O)Cc2ccc(F)cc2)c2cc(OCCCO)ccc2N1C(=O)Cc1ccc2ccccc2c1. The minimum absolute atomic E-state index is 0.0353. The molecule has 59 heavy (non-hydrogen) atoms. The minimum Gasteiger partial charge on any atom is -0.493 e. The number of fused-ring (bicyclic) bond motifs is 2. The zero-order chi connectivity index (χ0) is 41.3. The predicted octanol–water partition coefficient (Wildman–Crippen LogP) is 9.19. The third-order valence-corrected chi connectivity index (χ3v) is 10.6. The van der Waals surface area contributed by atoms with Gasteiger partial charge in [0.1, 0.15) is 17.7 Å². The van der Waals surface area contributed by atoms with Crippen molar-refractivity contribution in [2.24, 2.45) is 0 Å². The Balaban J connectivity index is 1.37. The van der Waals surface area contributed by atoms with Crippen LogP contribution in [0, 0.1) is 5.82 Å². The molecule has 1 unspecified atom stereocenters. The summed E-state index contributed by atoms with van der Waals surface area (Å²) < 4.78 is 26.2. The first-order chi connectivity index (χ1) is 28.7. The van der Waals surface area contributed by atoms with Crippen LogP contribution in [0.4, 0.5) is 10.1 Å². The number of hydrogen-bond donors (Lipinski definition) is 1. The third-order valence-electron chi connectivity index (χ3n) is 10.6. The minimum atomic E-state index is -0.900. The van der Waals surface area contributed by atoms with Gasteiger partial charge < -0.3 is 24.4 Å². The van der Waals surface area contributed by atoms with E-state index in [2.05, 4.69) is 6.58 Å². The highest BCUT2D eigenvalue weighted by Crippen LogP contribution is 2.48. The molecule has 0 aliphatic carbocycles. The molecule has 0 fully saturated rings. The van der Waals surface area contributed by atoms with E-state index < -0.39 is 30.0 Å². The van der Waals surface area contributed by atoms with Crippen LogP contribution in [0.5, 0.6) is 5.75 Å². The number of rotatable bonds is 16. The maximum absolute atomic E-state index is 15.0. The van der Waals surface area contributed by atoms with Crippen molar-refractivity contribution in [3.63, 3.8) is 0 Å². The molecule has 0 saturated carbocycles. The van der Waals surface area contributed by atoms with Crippen molar-refractivity contribution in [1.29, 1.82) is 0 Å². The molecule has 2 amide bonds. The Morgan fingerprint density at radius 1 is 0.797 bits per heavy atom. The lowest BCUT2D eigenvalue weighted by Gasteiger charge is -2.39. The molecule has 6 aromatic rings. The van der Waals surface area contributed by atoms with Crippen LogP contribution in [0.25, 0.3) is 21.9 Å². The van der Waals surface area contributed by atoms with Gasteiger partial charge in [0.05, 0.1) is 31.5 Å². The van der Waals surface area contributed by atoms with Crippen molar-refractivity contribution >= 4 is 34.2 Å². The number of benzene rings is 6. The lowest BCUT2D eigenvalue weighted by atomic mass is 9.93. The highest BCUT2D eigenvalue weighted by molar-refractivity contribution is 5.99. The number of carbonyl (C=O) groups is 3. The summed E-state index contributed by atoms with van der Waals surface area (Å²) in [7, 11) is 0. The van der Waals surface area contributed by atoms with Crippen LogP contribution in [0.15, 0.2) is 152 Å². The zero-order valence-electron chi connectivity index (χ0n) is 33.0. The molecule has 300 valence electrons. The third kappa shape index (κ3) is 9.59. The van der Waals surface area contributed by atoms with Crippen LogP contribution in [0.2, 0.25) is 0 Å². The zero-order valence-corrected chi connectivity index (χ0v) is 33.0. The maximum atomic E-state index is 15.0. The van der Waals surface area contributed by atoms with Gasteiger partial charge in [0.15, 0.2) is 0 Å². The fraction of sp³-hybridized carbons (Fsp3) is 0.220. The molecule has 8 nitrogen and oxygen atoms in total. The summed E-state index contributed by atoms with van der Waals surface area (Å²) in [6, 6.07) is 41.4. The Morgan fingerprint density at radius 3 is 2.19 bits per heavy atom. The molecule has 7 rings (SSSR count). The lowest BCUT2D eigenvalue weighted by Crippen LogP contribution is -2.53. The second-order valence-electron chi connectivity index (χ2n) is 14.8. The summed E-state index contributed by atoms with van der Waals surface area (Å²) in [5.41, 5.74) is 5.51. The number of carbonyl (C=O) groups excluding carboxylic acids is 3. The average molecular weight is 791 g/mol. The van der Waals surface area contributed by atoms with E-state index >= 15 is 0 Å². The van der Waals surface area contributed by atoms with Crippen molar-refractivity contribution < 1.29 is 33.4 Å². The number of esters is 1. The predicted molar refractivity (Wildman–Crippen MR) is 228 cm³/mol. The van der Waals surface area contributed by atoms with E-state index in [0.29, 0.717) is 29.0 Å². The summed E-state index contributed by atoms with van der Waals surface area (Å²) in [6.45, 7) is 5.64. The maximum Gasteiger partial charge on any atom is 0.302 e. The number of nitrogens with zero attached hydrogens (tertiary/aromatic N) is 2. The largest absolute Gasteiger partial charge is 0.493 e. The molecule has 0 saturated heterocycles. The van der Waals surface area contributed by atoms with E-state index in [9.17, 15) is 23.9 Å². The van der Waals surface area contributed by atoms with Crippen LogP contribution in [-0.4, -0.2) is 53.1 Å². The van der Waals surface area contributed by atoms with Crippen LogP contribution in [0.1, 0.15) is 48.1 Å². The van der Waals surface area contributed by atoms with E-state index in [1.54, 1.807) is 34.1 Å². The van der Waals surface area contributed by atoms with Gasteiger partial charge in [0, 0.05) is 44.2 Å². The van der Waals surface area contributed by atoms with Gasteiger partial charge in [0.2, 0.25) is 11.8 Å². The Bertz CT molecular complexity index is 2420. The van der Waals surface area contributed by atoms with Crippen molar-refractivity contribution in [2.75, 3.05) is 18.1 Å². The fourth-order valence-corrected chi connectivity index (χ4v) is 7.93. The second kappa shape index (κ2) is 18.8. The van der Waals surface area contributed by atoms with Gasteiger partial charge in [-0.2, -0.15) is 0 Å². The average Bonchev–Trinajstić information content (AvgIpc) is 3.58. The quantitative estimate of drug-likeness (QED) is 0.0597. The van der Waals surface area contributed by atoms with Crippen molar-refractivity contribution in [2.45, 2.75) is 57.3 Å². The second-order valence-corrected chi connectivity index (χ2v) is 14.8. The molecular formula is C50H47FN2O6. The summed E-state index contributed by atoms with van der Waals surface area (Å²) in [5, 5.41) is 11.5. The number of amides is 2. The Hall–Kier alpha value is -6.58. The number of aliphatic hydroxyl groups is 1. The van der Waals surface area contributed by atoms with Crippen LogP contribution in [-0.2, 0) is 38.5 Å². The number of aliphatic hydroxyl groups excluding tert-OH is 1. The molecule has 1 heterocycles. The van der Waals surface area contributed by atoms with Gasteiger partial charge in [-0.05, 0) is 68.9 Å². The smallest absolute Gasteiger partial charge is 0.302 e. The van der Waals surface area contributed by atoms with E-state index in [0.717, 1.165) is 33.0 Å². The summed E-state index contributed by atoms with van der Waals surface area (Å²) in [6.07, 6.45) is 1.33. The fourth-order valence-electron chi connectivity index (χ4n) is 7.93. The molecule has 1 aliphatic heterocycles. The summed E-state index contributed by atoms with van der Waals surface area (Å²) in [4.78, 5) is 46.2. The molecule has 1 aliphatic rings. The van der Waals surface area contributed by atoms with Crippen molar-refractivity contribution in [1.82, 2.24) is 4.90 Å². The van der Waals surface area contributed by atoms with Gasteiger partial charge in [-0.15, -0.1) is 6.58 Å².